The van der Waals surface area contributed by atoms with Crippen molar-refractivity contribution in [1.29, 1.82) is 0 Å². The number of hydrogen-bond donors (Lipinski definition) is 0. The van der Waals surface area contributed by atoms with Gasteiger partial charge in [0.2, 0.25) is 0 Å². The molecule has 0 spiro atoms. The minimum absolute atomic E-state index is 0.00563. The van der Waals surface area contributed by atoms with E-state index in [2.05, 4.69) is 0 Å². The van der Waals surface area contributed by atoms with E-state index in [1.165, 1.54) is 0 Å². The molecular weight excluding hydrogens is 412 g/mol. The monoisotopic (exact) mass is 444 g/mol. The molecule has 32 heavy (non-hydrogen) atoms. The highest BCUT2D eigenvalue weighted by Gasteiger charge is 2.38. The molecule has 4 rings (SSSR count). The average Bonchev–Trinajstić information content (AvgIpc) is 3.08. The number of carbonyl (C=O) groups excluding carboxylic acids is 2. The molecule has 0 bridgehead atoms. The Morgan fingerprint density at radius 3 is 2.34 bits per heavy atom. The molecule has 0 unspecified atom stereocenters. The first-order valence-electron chi connectivity index (χ1n) is 11.5. The lowest BCUT2D eigenvalue weighted by Gasteiger charge is -2.37. The number of nitro groups is 1. The number of likely N-dealkylation sites (tertiary alicyclic amines) is 1. The van der Waals surface area contributed by atoms with Crippen LogP contribution in [0.2, 0.25) is 0 Å². The second kappa shape index (κ2) is 8.60. The molecule has 0 radical (unpaired) electrons. The van der Waals surface area contributed by atoms with Crippen LogP contribution in [0, 0.1) is 10.1 Å². The predicted molar refractivity (Wildman–Crippen MR) is 120 cm³/mol. The Labute approximate surface area is 188 Å². The van der Waals surface area contributed by atoms with Crippen LogP contribution in [0.25, 0.3) is 0 Å². The van der Waals surface area contributed by atoms with Crippen molar-refractivity contribution < 1.29 is 19.2 Å². The number of carbonyl (C=O) groups is 2. The third-order valence-electron chi connectivity index (χ3n) is 6.48. The Morgan fingerprint density at radius 2 is 1.75 bits per heavy atom. The van der Waals surface area contributed by atoms with E-state index in [1.54, 1.807) is 17.0 Å². The molecule has 0 saturated carbocycles. The van der Waals surface area contributed by atoms with Crippen LogP contribution in [0.1, 0.15) is 68.8 Å². The molecule has 0 aromatic heterocycles. The SMILES string of the molecule is CC(C)(C)OC(=O)N1CCC(N2Cc3cc([N+](=O)[O-])c(N4CCCCC4)cc3C2=O)CC1. The van der Waals surface area contributed by atoms with Crippen LogP contribution >= 0.6 is 0 Å². The minimum atomic E-state index is -0.540. The van der Waals surface area contributed by atoms with Crippen molar-refractivity contribution in [2.24, 2.45) is 0 Å². The van der Waals surface area contributed by atoms with Gasteiger partial charge in [-0.15, -0.1) is 0 Å². The molecular formula is C23H32N4O5. The molecule has 3 heterocycles. The number of ether oxygens (including phenoxy) is 1. The van der Waals surface area contributed by atoms with E-state index in [0.29, 0.717) is 43.7 Å². The summed E-state index contributed by atoms with van der Waals surface area (Å²) in [7, 11) is 0. The average molecular weight is 445 g/mol. The molecule has 9 nitrogen and oxygen atoms in total. The number of benzene rings is 1. The van der Waals surface area contributed by atoms with Crippen LogP contribution in [0.3, 0.4) is 0 Å². The van der Waals surface area contributed by atoms with Gasteiger partial charge in [-0.1, -0.05) is 0 Å². The number of nitro benzene ring substituents is 1. The minimum Gasteiger partial charge on any atom is -0.444 e. The Bertz CT molecular complexity index is 912. The Kier molecular flexibility index (Phi) is 6.01. The van der Waals surface area contributed by atoms with Crippen molar-refractivity contribution in [2.45, 2.75) is 71.1 Å². The third kappa shape index (κ3) is 4.52. The molecule has 0 N–H and O–H groups in total. The quantitative estimate of drug-likeness (QED) is 0.518. The molecule has 9 heteroatoms. The molecule has 0 aliphatic carbocycles. The van der Waals surface area contributed by atoms with Crippen LogP contribution < -0.4 is 4.90 Å². The highest BCUT2D eigenvalue weighted by Crippen LogP contribution is 2.38. The first-order chi connectivity index (χ1) is 15.1. The molecule has 1 aromatic rings. The molecule has 1 aromatic carbocycles. The van der Waals surface area contributed by atoms with E-state index in [0.717, 1.165) is 37.9 Å². The maximum Gasteiger partial charge on any atom is 0.410 e. The zero-order valence-corrected chi connectivity index (χ0v) is 19.1. The van der Waals surface area contributed by atoms with Gasteiger partial charge in [-0.25, -0.2) is 4.79 Å². The Balaban J connectivity index is 1.48. The summed E-state index contributed by atoms with van der Waals surface area (Å²) in [6.07, 6.45) is 4.15. The van der Waals surface area contributed by atoms with E-state index >= 15 is 0 Å². The van der Waals surface area contributed by atoms with Crippen LogP contribution in [-0.4, -0.2) is 64.5 Å². The molecule has 3 aliphatic heterocycles. The van der Waals surface area contributed by atoms with Crippen LogP contribution in [0.15, 0.2) is 12.1 Å². The highest BCUT2D eigenvalue weighted by molar-refractivity contribution is 6.00. The molecule has 2 fully saturated rings. The van der Waals surface area contributed by atoms with Gasteiger partial charge in [-0.05, 0) is 64.5 Å². The smallest absolute Gasteiger partial charge is 0.410 e. The predicted octanol–water partition coefficient (Wildman–Crippen LogP) is 3.94. The van der Waals surface area contributed by atoms with E-state index < -0.39 is 5.60 Å². The fourth-order valence-corrected chi connectivity index (χ4v) is 4.88. The summed E-state index contributed by atoms with van der Waals surface area (Å²) < 4.78 is 5.45. The van der Waals surface area contributed by atoms with E-state index in [9.17, 15) is 19.7 Å². The zero-order valence-electron chi connectivity index (χ0n) is 19.1. The van der Waals surface area contributed by atoms with Crippen LogP contribution in [-0.2, 0) is 11.3 Å². The topological polar surface area (TPSA) is 96.2 Å². The van der Waals surface area contributed by atoms with Gasteiger partial charge in [-0.2, -0.15) is 0 Å². The maximum absolute atomic E-state index is 13.2. The lowest BCUT2D eigenvalue weighted by molar-refractivity contribution is -0.384. The van der Waals surface area contributed by atoms with Crippen molar-refractivity contribution in [3.63, 3.8) is 0 Å². The summed E-state index contributed by atoms with van der Waals surface area (Å²) in [6, 6.07) is 3.33. The number of hydrogen-bond acceptors (Lipinski definition) is 6. The number of anilines is 1. The summed E-state index contributed by atoms with van der Waals surface area (Å²) in [5.74, 6) is -0.0659. The van der Waals surface area contributed by atoms with Crippen molar-refractivity contribution in [2.75, 3.05) is 31.1 Å². The van der Waals surface area contributed by atoms with Gasteiger partial charge in [0.25, 0.3) is 11.6 Å². The standard InChI is InChI=1S/C23H32N4O5/c1-23(2,3)32-22(29)25-11-7-17(8-12-25)26-15-16-13-20(27(30)31)19(14-18(16)21(26)28)24-9-5-4-6-10-24/h13-14,17H,4-12,15H2,1-3H3. The summed E-state index contributed by atoms with van der Waals surface area (Å²) in [4.78, 5) is 42.5. The second-order valence-corrected chi connectivity index (χ2v) is 9.93. The fraction of sp³-hybridized carbons (Fsp3) is 0.652. The van der Waals surface area contributed by atoms with Crippen molar-refractivity contribution in [3.8, 4) is 0 Å². The summed E-state index contributed by atoms with van der Waals surface area (Å²) >= 11 is 0. The highest BCUT2D eigenvalue weighted by atomic mass is 16.6. The normalized spacial score (nSPS) is 19.8. The lowest BCUT2D eigenvalue weighted by Crippen LogP contribution is -2.48. The number of rotatable bonds is 3. The van der Waals surface area contributed by atoms with Gasteiger partial charge in [0.05, 0.1) is 4.92 Å². The van der Waals surface area contributed by atoms with Gasteiger partial charge < -0.3 is 19.4 Å². The lowest BCUT2D eigenvalue weighted by atomic mass is 10.0. The van der Waals surface area contributed by atoms with Crippen LogP contribution in [0.5, 0.6) is 0 Å². The van der Waals surface area contributed by atoms with Gasteiger partial charge in [0.15, 0.2) is 0 Å². The van der Waals surface area contributed by atoms with Crippen molar-refractivity contribution in [3.05, 3.63) is 33.4 Å². The molecule has 3 aliphatic rings. The molecule has 174 valence electrons. The van der Waals surface area contributed by atoms with E-state index in [-0.39, 0.29) is 28.7 Å². The van der Waals surface area contributed by atoms with Gasteiger partial charge in [0, 0.05) is 50.4 Å². The van der Waals surface area contributed by atoms with E-state index in [4.69, 9.17) is 4.74 Å². The van der Waals surface area contributed by atoms with Gasteiger partial charge in [0.1, 0.15) is 11.3 Å². The van der Waals surface area contributed by atoms with Gasteiger partial charge in [-0.3, -0.25) is 14.9 Å². The first kappa shape index (κ1) is 22.4. The Hall–Kier alpha value is -2.84. The molecule has 2 saturated heterocycles. The summed E-state index contributed by atoms with van der Waals surface area (Å²) in [5, 5.41) is 11.8. The molecule has 2 amide bonds. The van der Waals surface area contributed by atoms with Crippen molar-refractivity contribution >= 4 is 23.4 Å². The van der Waals surface area contributed by atoms with Crippen LogP contribution in [0.4, 0.5) is 16.2 Å². The van der Waals surface area contributed by atoms with Crippen molar-refractivity contribution in [1.82, 2.24) is 9.80 Å². The summed E-state index contributed by atoms with van der Waals surface area (Å²) in [5.41, 5.74) is 1.40. The van der Waals surface area contributed by atoms with E-state index in [1.807, 2.05) is 30.6 Å². The second-order valence-electron chi connectivity index (χ2n) is 9.93. The number of piperidine rings is 2. The third-order valence-corrected chi connectivity index (χ3v) is 6.48. The number of nitrogens with zero attached hydrogens (tertiary/aromatic N) is 4. The largest absolute Gasteiger partial charge is 0.444 e. The fourth-order valence-electron chi connectivity index (χ4n) is 4.88. The first-order valence-corrected chi connectivity index (χ1v) is 11.5. The zero-order chi connectivity index (χ0) is 23.0. The maximum atomic E-state index is 13.2. The Morgan fingerprint density at radius 1 is 1.09 bits per heavy atom. The van der Waals surface area contributed by atoms with Gasteiger partial charge >= 0.3 is 6.09 Å². The number of fused-ring (bicyclic) bond motifs is 1. The number of amides is 2. The summed E-state index contributed by atoms with van der Waals surface area (Å²) in [6.45, 7) is 8.52. The molecule has 0 atom stereocenters.